The Bertz CT molecular complexity index is 2030. The first kappa shape index (κ1) is 30.4. The summed E-state index contributed by atoms with van der Waals surface area (Å²) in [4.78, 5) is 23.2. The number of rotatable bonds is 6. The van der Waals surface area contributed by atoms with Gasteiger partial charge in [0.05, 0.1) is 28.8 Å². The number of hydrogen-bond acceptors (Lipinski definition) is 6. The maximum absolute atomic E-state index is 14.6. The number of carbonyl (C=O) groups excluding carboxylic acids is 1. The largest absolute Gasteiger partial charge is 0.475 e. The molecule has 3 aromatic carbocycles. The number of aromatic nitrogens is 1. The van der Waals surface area contributed by atoms with Crippen molar-refractivity contribution in [2.45, 2.75) is 49.5 Å². The summed E-state index contributed by atoms with van der Waals surface area (Å²) in [5.41, 5.74) is 2.57. The molecule has 0 bridgehead atoms. The molecule has 0 radical (unpaired) electrons. The lowest BCUT2D eigenvalue weighted by Gasteiger charge is -2.48. The van der Waals surface area contributed by atoms with Crippen LogP contribution in [0.1, 0.15) is 31.2 Å². The fourth-order valence-corrected chi connectivity index (χ4v) is 8.96. The molecule has 0 unspecified atom stereocenters. The zero-order valence-corrected chi connectivity index (χ0v) is 27.0. The van der Waals surface area contributed by atoms with Crippen LogP contribution >= 0.6 is 23.2 Å². The highest BCUT2D eigenvalue weighted by atomic mass is 35.5. The molecule has 4 atom stereocenters. The molecule has 0 aliphatic carbocycles. The quantitative estimate of drug-likeness (QED) is 0.198. The van der Waals surface area contributed by atoms with Gasteiger partial charge in [0.2, 0.25) is 5.88 Å². The van der Waals surface area contributed by atoms with Crippen LogP contribution in [0.3, 0.4) is 0 Å². The number of fused-ring (bicyclic) bond motifs is 4. The maximum atomic E-state index is 14.6. The molecule has 1 amide bonds. The van der Waals surface area contributed by atoms with E-state index >= 15 is 0 Å². The van der Waals surface area contributed by atoms with Gasteiger partial charge in [0.15, 0.2) is 5.83 Å². The van der Waals surface area contributed by atoms with Crippen LogP contribution < -0.4 is 9.64 Å². The van der Waals surface area contributed by atoms with Crippen LogP contribution in [-0.2, 0) is 4.79 Å². The molecule has 11 heteroatoms. The monoisotopic (exact) mass is 673 g/mol. The number of nitriles is 1. The molecule has 240 valence electrons. The van der Waals surface area contributed by atoms with Gasteiger partial charge in [-0.05, 0) is 55.0 Å². The Morgan fingerprint density at radius 2 is 1.91 bits per heavy atom. The third kappa shape index (κ3) is 4.75. The lowest BCUT2D eigenvalue weighted by molar-refractivity contribution is -0.130. The molecule has 0 spiro atoms. The van der Waals surface area contributed by atoms with Crippen LogP contribution in [0.25, 0.3) is 32.8 Å². The second kappa shape index (κ2) is 11.3. The van der Waals surface area contributed by atoms with Gasteiger partial charge in [-0.25, -0.2) is 13.8 Å². The summed E-state index contributed by atoms with van der Waals surface area (Å²) in [6.45, 7) is 5.40. The highest BCUT2D eigenvalue weighted by Gasteiger charge is 2.51. The molecule has 4 fully saturated rings. The lowest BCUT2D eigenvalue weighted by Crippen LogP contribution is -2.63. The highest BCUT2D eigenvalue weighted by molar-refractivity contribution is 6.38. The minimum atomic E-state index is -0.984. The zero-order chi connectivity index (χ0) is 32.6. The summed E-state index contributed by atoms with van der Waals surface area (Å²) in [6, 6.07) is 17.4. The molecule has 4 aliphatic heterocycles. The van der Waals surface area contributed by atoms with Crippen molar-refractivity contribution in [2.75, 3.05) is 37.7 Å². The number of pyridine rings is 1. The predicted octanol–water partition coefficient (Wildman–Crippen LogP) is 7.46. The molecule has 47 heavy (non-hydrogen) atoms. The van der Waals surface area contributed by atoms with Crippen molar-refractivity contribution in [3.63, 3.8) is 0 Å². The minimum absolute atomic E-state index is 0.134. The summed E-state index contributed by atoms with van der Waals surface area (Å²) >= 11 is 13.7. The average molecular weight is 675 g/mol. The summed E-state index contributed by atoms with van der Waals surface area (Å²) < 4.78 is 34.9. The fourth-order valence-electron chi connectivity index (χ4n) is 8.41. The Labute approximate surface area is 280 Å². The number of ether oxygens (including phenoxy) is 1. The van der Waals surface area contributed by atoms with Gasteiger partial charge in [0.25, 0.3) is 5.91 Å². The molecule has 8 rings (SSSR count). The predicted molar refractivity (Wildman–Crippen MR) is 179 cm³/mol. The van der Waals surface area contributed by atoms with E-state index in [4.69, 9.17) is 32.9 Å². The number of likely N-dealkylation sites (tertiary alicyclic amines) is 1. The molecule has 4 saturated heterocycles. The maximum Gasteiger partial charge on any atom is 0.282 e. The SMILES string of the molecule is C=C(F)C(=O)N1CC[C@@H]2[C@H]1CN2c1c(C#N)c(OC[C@@]23CCCN2C[C@H](F)C3)nc2cc(-c3cccc4cccc(Cl)c34)c(Cl)cc12. The standard InChI is InChI=1S/C36H31Cl2F2N5O2/c1-20(39)35(46)44-12-9-30-31(44)18-45(30)33-25-13-28(38)24(23-7-2-5-21-6-3-8-27(37)32(21)23)14-29(25)42-34(26(33)16-41)47-19-36-10-4-11-43(36)17-22(40)15-36/h2-3,5-8,13-14,22,30-31H,1,4,9-12,15,17-19H2/t22-,30-,31-,36+/m1/s1. The molecule has 0 saturated carbocycles. The van der Waals surface area contributed by atoms with Gasteiger partial charge in [-0.1, -0.05) is 60.1 Å². The second-order valence-electron chi connectivity index (χ2n) is 13.1. The highest BCUT2D eigenvalue weighted by Crippen LogP contribution is 2.47. The van der Waals surface area contributed by atoms with E-state index in [-0.39, 0.29) is 30.1 Å². The number of halogens is 4. The van der Waals surface area contributed by atoms with E-state index in [1.807, 2.05) is 48.5 Å². The normalized spacial score (nSPS) is 25.1. The first-order valence-corrected chi connectivity index (χ1v) is 16.6. The molecular formula is C36H31Cl2F2N5O2. The Hall–Kier alpha value is -3.97. The topological polar surface area (TPSA) is 72.7 Å². The Kier molecular flexibility index (Phi) is 7.32. The Morgan fingerprint density at radius 3 is 2.70 bits per heavy atom. The van der Waals surface area contributed by atoms with Gasteiger partial charge in [0.1, 0.15) is 24.4 Å². The van der Waals surface area contributed by atoms with Crippen LogP contribution in [-0.4, -0.2) is 77.3 Å². The number of alkyl halides is 1. The van der Waals surface area contributed by atoms with Gasteiger partial charge in [-0.2, -0.15) is 5.26 Å². The fraction of sp³-hybridized carbons (Fsp3) is 0.361. The van der Waals surface area contributed by atoms with Gasteiger partial charge < -0.3 is 14.5 Å². The van der Waals surface area contributed by atoms with Crippen LogP contribution in [0.4, 0.5) is 14.5 Å². The van der Waals surface area contributed by atoms with E-state index in [0.717, 1.165) is 41.3 Å². The van der Waals surface area contributed by atoms with E-state index in [9.17, 15) is 18.8 Å². The summed E-state index contributed by atoms with van der Waals surface area (Å²) in [5, 5.41) is 14.2. The smallest absolute Gasteiger partial charge is 0.282 e. The first-order valence-electron chi connectivity index (χ1n) is 15.9. The molecule has 5 heterocycles. The van der Waals surface area contributed by atoms with Crippen molar-refractivity contribution in [3.8, 4) is 23.1 Å². The van der Waals surface area contributed by atoms with Gasteiger partial charge in [0, 0.05) is 52.4 Å². The van der Waals surface area contributed by atoms with Gasteiger partial charge >= 0.3 is 0 Å². The molecule has 7 nitrogen and oxygen atoms in total. The van der Waals surface area contributed by atoms with E-state index in [2.05, 4.69) is 22.4 Å². The first-order chi connectivity index (χ1) is 22.7. The van der Waals surface area contributed by atoms with Crippen LogP contribution in [0.5, 0.6) is 5.88 Å². The lowest BCUT2D eigenvalue weighted by atomic mass is 9.92. The Morgan fingerprint density at radius 1 is 1.11 bits per heavy atom. The molecule has 0 N–H and O–H groups in total. The summed E-state index contributed by atoms with van der Waals surface area (Å²) in [6.07, 6.45) is 1.85. The van der Waals surface area contributed by atoms with E-state index < -0.39 is 23.4 Å². The van der Waals surface area contributed by atoms with Crippen molar-refractivity contribution >= 4 is 56.5 Å². The number of benzene rings is 3. The number of amides is 1. The zero-order valence-electron chi connectivity index (χ0n) is 25.5. The van der Waals surface area contributed by atoms with Crippen molar-refractivity contribution in [1.29, 1.82) is 5.26 Å². The van der Waals surface area contributed by atoms with Gasteiger partial charge in [-0.3, -0.25) is 9.69 Å². The third-order valence-corrected chi connectivity index (χ3v) is 11.2. The van der Waals surface area contributed by atoms with Crippen LogP contribution in [0.2, 0.25) is 10.0 Å². The molecule has 4 aliphatic rings. The second-order valence-corrected chi connectivity index (χ2v) is 13.9. The van der Waals surface area contributed by atoms with E-state index in [1.54, 1.807) is 0 Å². The number of nitrogens with zero attached hydrogens (tertiary/aromatic N) is 5. The summed E-state index contributed by atoms with van der Waals surface area (Å²) in [5.74, 6) is -1.51. The van der Waals surface area contributed by atoms with E-state index in [0.29, 0.717) is 59.1 Å². The van der Waals surface area contributed by atoms with Crippen LogP contribution in [0.15, 0.2) is 60.9 Å². The summed E-state index contributed by atoms with van der Waals surface area (Å²) in [7, 11) is 0. The molecular weight excluding hydrogens is 643 g/mol. The van der Waals surface area contributed by atoms with E-state index in [1.165, 1.54) is 4.90 Å². The number of carbonyl (C=O) groups is 1. The number of anilines is 1. The molecule has 4 aromatic rings. The number of hydrogen-bond donors (Lipinski definition) is 0. The average Bonchev–Trinajstić information content (AvgIpc) is 3.68. The van der Waals surface area contributed by atoms with Crippen molar-refractivity contribution < 1.29 is 18.3 Å². The van der Waals surface area contributed by atoms with Crippen molar-refractivity contribution in [2.24, 2.45) is 0 Å². The van der Waals surface area contributed by atoms with Crippen LogP contribution in [0, 0.1) is 11.3 Å². The van der Waals surface area contributed by atoms with Crippen molar-refractivity contribution in [3.05, 3.63) is 76.5 Å². The minimum Gasteiger partial charge on any atom is -0.475 e. The van der Waals surface area contributed by atoms with Crippen molar-refractivity contribution in [1.82, 2.24) is 14.8 Å². The van der Waals surface area contributed by atoms with Gasteiger partial charge in [-0.15, -0.1) is 0 Å². The Balaban J connectivity index is 1.26. The third-order valence-electron chi connectivity index (χ3n) is 10.6. The molecule has 1 aromatic heterocycles.